The van der Waals surface area contributed by atoms with Crippen molar-refractivity contribution in [3.8, 4) is 11.5 Å². The number of aliphatic hydroxyl groups is 1. The van der Waals surface area contributed by atoms with Gasteiger partial charge in [0, 0.05) is 39.2 Å². The maximum Gasteiger partial charge on any atom is 0.317 e. The van der Waals surface area contributed by atoms with E-state index in [0.717, 1.165) is 18.9 Å². The number of hydrogen-bond donors (Lipinski definition) is 3. The molecule has 0 radical (unpaired) electrons. The number of aromatic hydroxyl groups is 2. The summed E-state index contributed by atoms with van der Waals surface area (Å²) in [5.74, 6) is 0.475. The van der Waals surface area contributed by atoms with Gasteiger partial charge in [0.25, 0.3) is 0 Å². The zero-order chi connectivity index (χ0) is 30.8. The monoisotopic (exact) mass is 644 g/mol. The van der Waals surface area contributed by atoms with E-state index in [1.807, 2.05) is 32.0 Å². The number of phenolic OH excluding ortho intramolecular Hbond substituents is 2. The van der Waals surface area contributed by atoms with Crippen LogP contribution in [0.5, 0.6) is 11.5 Å². The first-order chi connectivity index (χ1) is 16.4. The minimum absolute atomic E-state index is 0.0807. The quantitative estimate of drug-likeness (QED) is 0.252. The molecule has 0 saturated carbocycles. The first-order valence-electron chi connectivity index (χ1n) is 10.7. The molecule has 218 valence electrons. The Morgan fingerprint density at radius 2 is 0.946 bits per heavy atom. The van der Waals surface area contributed by atoms with Crippen molar-refractivity contribution in [2.45, 2.75) is 66.2 Å². The summed E-state index contributed by atoms with van der Waals surface area (Å²) < 4.78 is 37.1. The summed E-state index contributed by atoms with van der Waals surface area (Å²) in [6, 6.07) is 12.7. The third kappa shape index (κ3) is 33.0. The normalized spacial score (nSPS) is 10.7. The Morgan fingerprint density at radius 3 is 1.19 bits per heavy atom. The highest BCUT2D eigenvalue weighted by Crippen LogP contribution is 2.30. The summed E-state index contributed by atoms with van der Waals surface area (Å²) in [6.07, 6.45) is 0.925. The Morgan fingerprint density at radius 1 is 0.676 bits per heavy atom. The summed E-state index contributed by atoms with van der Waals surface area (Å²) in [6.45, 7) is 16.8. The van der Waals surface area contributed by atoms with Crippen molar-refractivity contribution in [1.82, 2.24) is 0 Å². The minimum Gasteiger partial charge on any atom is -0.508 e. The molecule has 0 fully saturated rings. The summed E-state index contributed by atoms with van der Waals surface area (Å²) >= 11 is 5.77. The van der Waals surface area contributed by atoms with Gasteiger partial charge < -0.3 is 15.3 Å². The van der Waals surface area contributed by atoms with Gasteiger partial charge in [0.2, 0.25) is 9.05 Å². The number of benzene rings is 2. The molecule has 0 unspecified atom stereocenters. The fourth-order valence-electron chi connectivity index (χ4n) is 1.93. The molecule has 0 amide bonds. The number of hydrogen-bond acceptors (Lipinski definition) is 7. The van der Waals surface area contributed by atoms with Crippen molar-refractivity contribution in [1.29, 1.82) is 0 Å². The summed E-state index contributed by atoms with van der Waals surface area (Å²) in [4.78, 5) is 0. The maximum atomic E-state index is 9.40. The second-order valence-corrected chi connectivity index (χ2v) is 15.9. The van der Waals surface area contributed by atoms with Crippen molar-refractivity contribution in [3.05, 3.63) is 58.6 Å². The van der Waals surface area contributed by atoms with Crippen LogP contribution >= 0.6 is 43.6 Å². The molecule has 2 rings (SSSR count). The summed E-state index contributed by atoms with van der Waals surface area (Å²) in [7, 11) is 7.12. The van der Waals surface area contributed by atoms with E-state index in [1.165, 1.54) is 5.56 Å². The van der Waals surface area contributed by atoms with E-state index in [1.54, 1.807) is 24.3 Å². The first kappa shape index (κ1) is 43.1. The van der Waals surface area contributed by atoms with Crippen LogP contribution in [0.2, 0.25) is 5.02 Å². The van der Waals surface area contributed by atoms with Crippen molar-refractivity contribution < 1.29 is 32.2 Å². The van der Waals surface area contributed by atoms with Gasteiger partial charge in [0.15, 0.2) is 0 Å². The maximum absolute atomic E-state index is 9.40. The Kier molecular flexibility index (Phi) is 23.3. The molecule has 0 spiro atoms. The van der Waals surface area contributed by atoms with Crippen molar-refractivity contribution >= 4 is 61.0 Å². The molecule has 0 aromatic heterocycles. The van der Waals surface area contributed by atoms with Crippen LogP contribution in [0.25, 0.3) is 0 Å². The van der Waals surface area contributed by atoms with Crippen molar-refractivity contribution in [2.75, 3.05) is 13.4 Å². The average Bonchev–Trinajstić information content (AvgIpc) is 2.70. The van der Waals surface area contributed by atoms with Crippen LogP contribution in [0.15, 0.2) is 42.5 Å². The van der Waals surface area contributed by atoms with E-state index < -0.39 is 17.3 Å². The van der Waals surface area contributed by atoms with Crippen LogP contribution in [0.3, 0.4) is 0 Å². The van der Waals surface area contributed by atoms with Gasteiger partial charge in [-0.15, -0.1) is 0 Å². The zero-order valence-corrected chi connectivity index (χ0v) is 27.5. The van der Waals surface area contributed by atoms with E-state index in [9.17, 15) is 13.5 Å². The molecule has 2 aromatic carbocycles. The SMILES string of the molecule is CC.CC(C)(C)c1ccc(O)c(Cl)c1.CC(C)(C)c1ccc(O)cc1.CO.CS(=O)(=O)Cl.O=S(=O)(Cl)Cl. The van der Waals surface area contributed by atoms with Crippen LogP contribution in [0, 0.1) is 0 Å². The van der Waals surface area contributed by atoms with Crippen LogP contribution in [0.1, 0.15) is 66.5 Å². The standard InChI is InChI=1S/C10H13ClO.C10H14O.C2H6.CH3ClO2S.CH4O.Cl2O2S/c1-10(2,3)7-4-5-9(12)8(11)6-7;1-10(2,3)8-4-6-9(11)7-5-8;1-2;1-5(2,3)4;1-2;1-5(2,3)4/h4-6,12H,1-3H3;4-7,11H,1-3H3;1-2H3;1H3;2H,1H3;. The van der Waals surface area contributed by atoms with E-state index in [4.69, 9.17) is 30.2 Å². The largest absolute Gasteiger partial charge is 0.508 e. The summed E-state index contributed by atoms with van der Waals surface area (Å²) in [5.41, 5.74) is 2.63. The molecule has 7 nitrogen and oxygen atoms in total. The highest BCUT2D eigenvalue weighted by Gasteiger charge is 2.14. The second-order valence-electron chi connectivity index (χ2n) is 8.77. The third-order valence-corrected chi connectivity index (χ3v) is 3.85. The molecule has 13 heteroatoms. The van der Waals surface area contributed by atoms with E-state index in [0.29, 0.717) is 10.8 Å². The molecule has 3 N–H and O–H groups in total. The highest BCUT2D eigenvalue weighted by molar-refractivity contribution is 8.31. The fraction of sp³-hybridized carbons (Fsp3) is 0.500. The number of phenols is 2. The van der Waals surface area contributed by atoms with Gasteiger partial charge in [-0.05, 0) is 46.2 Å². The van der Waals surface area contributed by atoms with E-state index >= 15 is 0 Å². The average molecular weight is 647 g/mol. The lowest BCUT2D eigenvalue weighted by Crippen LogP contribution is -2.10. The van der Waals surface area contributed by atoms with Gasteiger partial charge in [-0.2, -0.15) is 8.42 Å². The number of aliphatic hydroxyl groups excluding tert-OH is 1. The van der Waals surface area contributed by atoms with Crippen LogP contribution in [-0.4, -0.2) is 45.5 Å². The van der Waals surface area contributed by atoms with E-state index in [-0.39, 0.29) is 16.6 Å². The van der Waals surface area contributed by atoms with Crippen LogP contribution < -0.4 is 0 Å². The lowest BCUT2D eigenvalue weighted by molar-refractivity contribution is 0.399. The molecule has 37 heavy (non-hydrogen) atoms. The van der Waals surface area contributed by atoms with Gasteiger partial charge >= 0.3 is 8.26 Å². The summed E-state index contributed by atoms with van der Waals surface area (Å²) in [5, 5.41) is 25.6. The molecule has 0 saturated heterocycles. The smallest absolute Gasteiger partial charge is 0.317 e. The third-order valence-electron chi connectivity index (χ3n) is 3.55. The molecule has 0 atom stereocenters. The molecule has 2 aromatic rings. The lowest BCUT2D eigenvalue weighted by atomic mass is 9.87. The molecule has 0 heterocycles. The second kappa shape index (κ2) is 20.0. The molecule has 0 aliphatic rings. The van der Waals surface area contributed by atoms with Crippen molar-refractivity contribution in [2.24, 2.45) is 0 Å². The molecule has 0 aliphatic carbocycles. The highest BCUT2D eigenvalue weighted by atomic mass is 36.0. The predicted molar refractivity (Wildman–Crippen MR) is 159 cm³/mol. The predicted octanol–water partition coefficient (Wildman–Crippen LogP) is 7.56. The molecule has 0 bridgehead atoms. The zero-order valence-electron chi connectivity index (χ0n) is 22.8. The Hall–Kier alpha value is -0.940. The molecule has 0 aliphatic heterocycles. The van der Waals surface area contributed by atoms with Gasteiger partial charge in [0.1, 0.15) is 11.5 Å². The fourth-order valence-corrected chi connectivity index (χ4v) is 2.12. The minimum atomic E-state index is -3.72. The Balaban J connectivity index is -0.000000200. The van der Waals surface area contributed by atoms with E-state index in [2.05, 4.69) is 73.6 Å². The van der Waals surface area contributed by atoms with Crippen LogP contribution in [-0.2, 0) is 28.1 Å². The first-order valence-corrected chi connectivity index (χ1v) is 16.9. The topological polar surface area (TPSA) is 129 Å². The van der Waals surface area contributed by atoms with Gasteiger partial charge in [0.05, 0.1) is 11.3 Å². The molecular formula is C24H40Cl4O7S2. The van der Waals surface area contributed by atoms with Crippen molar-refractivity contribution in [3.63, 3.8) is 0 Å². The Labute approximate surface area is 241 Å². The van der Waals surface area contributed by atoms with Crippen LogP contribution in [0.4, 0.5) is 0 Å². The molecular weight excluding hydrogens is 606 g/mol. The number of halogens is 4. The lowest BCUT2D eigenvalue weighted by Gasteiger charge is -2.19. The Bertz CT molecular complexity index is 1030. The van der Waals surface area contributed by atoms with Gasteiger partial charge in [-0.25, -0.2) is 8.42 Å². The number of rotatable bonds is 0. The van der Waals surface area contributed by atoms with Gasteiger partial charge in [-0.3, -0.25) is 0 Å². The van der Waals surface area contributed by atoms with Gasteiger partial charge in [-0.1, -0.05) is 85.2 Å².